The molecule has 0 saturated carbocycles. The molecule has 0 saturated heterocycles. The van der Waals surface area contributed by atoms with Gasteiger partial charge in [-0.05, 0) is 59.5 Å². The lowest BCUT2D eigenvalue weighted by Crippen LogP contribution is -2.32. The molecular weight excluding hydrogens is 466 g/mol. The lowest BCUT2D eigenvalue weighted by molar-refractivity contribution is 0.0790. The van der Waals surface area contributed by atoms with Gasteiger partial charge in [-0.2, -0.15) is 0 Å². The SMILES string of the molecule is CC[C@H](c1ccc(OC)c(OC)c1)N(Cc1ccc(OC)c(OC)c1)CC(O)c1cccc(Cl)c1. The van der Waals surface area contributed by atoms with Crippen LogP contribution in [0.1, 0.15) is 42.2 Å². The van der Waals surface area contributed by atoms with Gasteiger partial charge in [0.2, 0.25) is 0 Å². The fourth-order valence-corrected chi connectivity index (χ4v) is 4.52. The van der Waals surface area contributed by atoms with Crippen molar-refractivity contribution in [1.29, 1.82) is 0 Å². The Kier molecular flexibility index (Phi) is 9.66. The monoisotopic (exact) mass is 499 g/mol. The lowest BCUT2D eigenvalue weighted by Gasteiger charge is -2.34. The van der Waals surface area contributed by atoms with E-state index in [9.17, 15) is 5.11 Å². The zero-order valence-electron chi connectivity index (χ0n) is 21.0. The third-order valence-electron chi connectivity index (χ3n) is 6.09. The van der Waals surface area contributed by atoms with Crippen molar-refractivity contribution in [1.82, 2.24) is 4.90 Å². The summed E-state index contributed by atoms with van der Waals surface area (Å²) in [7, 11) is 6.50. The largest absolute Gasteiger partial charge is 0.493 e. The fraction of sp³-hybridized carbons (Fsp3) is 0.357. The Morgan fingerprint density at radius 2 is 1.40 bits per heavy atom. The topological polar surface area (TPSA) is 60.4 Å². The molecule has 3 aromatic rings. The average molecular weight is 500 g/mol. The highest BCUT2D eigenvalue weighted by Crippen LogP contribution is 2.36. The molecule has 35 heavy (non-hydrogen) atoms. The number of rotatable bonds is 12. The fourth-order valence-electron chi connectivity index (χ4n) is 4.32. The van der Waals surface area contributed by atoms with Gasteiger partial charge in [0.15, 0.2) is 23.0 Å². The van der Waals surface area contributed by atoms with Gasteiger partial charge in [-0.25, -0.2) is 0 Å². The van der Waals surface area contributed by atoms with Gasteiger partial charge in [-0.15, -0.1) is 0 Å². The molecule has 0 radical (unpaired) electrons. The quantitative estimate of drug-likeness (QED) is 0.327. The number of hydrogen-bond acceptors (Lipinski definition) is 6. The Morgan fingerprint density at radius 3 is 2.00 bits per heavy atom. The zero-order chi connectivity index (χ0) is 25.4. The summed E-state index contributed by atoms with van der Waals surface area (Å²) in [5.41, 5.74) is 2.89. The number of halogens is 1. The summed E-state index contributed by atoms with van der Waals surface area (Å²) >= 11 is 6.19. The lowest BCUT2D eigenvalue weighted by atomic mass is 9.99. The van der Waals surface area contributed by atoms with Gasteiger partial charge in [0, 0.05) is 24.2 Å². The van der Waals surface area contributed by atoms with E-state index in [1.807, 2.05) is 48.5 Å². The molecule has 0 aliphatic carbocycles. The van der Waals surface area contributed by atoms with E-state index in [1.165, 1.54) is 0 Å². The molecular formula is C28H34ClNO5. The molecule has 0 aliphatic rings. The molecule has 3 aromatic carbocycles. The second-order valence-electron chi connectivity index (χ2n) is 8.23. The number of aliphatic hydroxyl groups excluding tert-OH is 1. The summed E-state index contributed by atoms with van der Waals surface area (Å²) < 4.78 is 21.9. The van der Waals surface area contributed by atoms with Crippen LogP contribution in [0.4, 0.5) is 0 Å². The Hall–Kier alpha value is -2.93. The van der Waals surface area contributed by atoms with Gasteiger partial charge < -0.3 is 24.1 Å². The van der Waals surface area contributed by atoms with Crippen molar-refractivity contribution in [3.8, 4) is 23.0 Å². The first-order chi connectivity index (χ1) is 16.9. The van der Waals surface area contributed by atoms with Gasteiger partial charge in [-0.3, -0.25) is 4.90 Å². The molecule has 2 atom stereocenters. The first kappa shape index (κ1) is 26.7. The van der Waals surface area contributed by atoms with Gasteiger partial charge >= 0.3 is 0 Å². The normalized spacial score (nSPS) is 12.8. The Bertz CT molecular complexity index is 1110. The van der Waals surface area contributed by atoms with Crippen LogP contribution in [0.3, 0.4) is 0 Å². The molecule has 0 fully saturated rings. The smallest absolute Gasteiger partial charge is 0.161 e. The maximum absolute atomic E-state index is 11.2. The van der Waals surface area contributed by atoms with Crippen molar-refractivity contribution < 1.29 is 24.1 Å². The van der Waals surface area contributed by atoms with Gasteiger partial charge in [-0.1, -0.05) is 42.8 Å². The van der Waals surface area contributed by atoms with Crippen molar-refractivity contribution in [2.75, 3.05) is 35.0 Å². The molecule has 0 aliphatic heterocycles. The van der Waals surface area contributed by atoms with Crippen molar-refractivity contribution in [2.45, 2.75) is 32.0 Å². The minimum Gasteiger partial charge on any atom is -0.493 e. The van der Waals surface area contributed by atoms with Crippen LogP contribution in [0.2, 0.25) is 5.02 Å². The van der Waals surface area contributed by atoms with E-state index in [2.05, 4.69) is 11.8 Å². The maximum Gasteiger partial charge on any atom is 0.161 e. The number of aliphatic hydroxyl groups is 1. The standard InChI is InChI=1S/C28H34ClNO5/c1-6-23(20-11-13-26(33-3)28(16-20)35-5)30(18-24(31)21-8-7-9-22(29)15-21)17-19-10-12-25(32-2)27(14-19)34-4/h7-16,23-24,31H,6,17-18H2,1-5H3/t23-,24?/m1/s1. The van der Waals surface area contributed by atoms with Gasteiger partial charge in [0.25, 0.3) is 0 Å². The van der Waals surface area contributed by atoms with E-state index >= 15 is 0 Å². The summed E-state index contributed by atoms with van der Waals surface area (Å²) in [6.07, 6.45) is 0.105. The van der Waals surface area contributed by atoms with Gasteiger partial charge in [0.05, 0.1) is 34.5 Å². The number of methoxy groups -OCH3 is 4. The average Bonchev–Trinajstić information content (AvgIpc) is 2.88. The van der Waals surface area contributed by atoms with E-state index in [1.54, 1.807) is 40.6 Å². The summed E-state index contributed by atoms with van der Waals surface area (Å²) in [6.45, 7) is 3.13. The molecule has 3 rings (SSSR count). The summed E-state index contributed by atoms with van der Waals surface area (Å²) in [5, 5.41) is 11.8. The number of nitrogens with zero attached hydrogens (tertiary/aromatic N) is 1. The number of benzene rings is 3. The van der Waals surface area contributed by atoms with Crippen molar-refractivity contribution in [2.24, 2.45) is 0 Å². The van der Waals surface area contributed by atoms with E-state index in [-0.39, 0.29) is 6.04 Å². The molecule has 0 heterocycles. The molecule has 1 N–H and O–H groups in total. The predicted molar refractivity (Wildman–Crippen MR) is 139 cm³/mol. The number of ether oxygens (including phenoxy) is 4. The molecule has 0 aromatic heterocycles. The minimum absolute atomic E-state index is 0.0109. The van der Waals surface area contributed by atoms with Crippen LogP contribution in [-0.2, 0) is 6.54 Å². The zero-order valence-corrected chi connectivity index (χ0v) is 21.7. The van der Waals surface area contributed by atoms with Crippen LogP contribution >= 0.6 is 11.6 Å². The molecule has 0 bridgehead atoms. The summed E-state index contributed by atoms with van der Waals surface area (Å²) in [6, 6.07) is 19.2. The Labute approximate surface area is 213 Å². The second kappa shape index (κ2) is 12.7. The Morgan fingerprint density at radius 1 is 0.771 bits per heavy atom. The highest BCUT2D eigenvalue weighted by atomic mass is 35.5. The van der Waals surface area contributed by atoms with E-state index < -0.39 is 6.10 Å². The van der Waals surface area contributed by atoms with Crippen molar-refractivity contribution in [3.05, 3.63) is 82.4 Å². The van der Waals surface area contributed by atoms with Crippen LogP contribution in [0.5, 0.6) is 23.0 Å². The maximum atomic E-state index is 11.2. The Balaban J connectivity index is 1.98. The molecule has 7 heteroatoms. The third kappa shape index (κ3) is 6.60. The molecule has 0 amide bonds. The number of hydrogen-bond donors (Lipinski definition) is 1. The van der Waals surface area contributed by atoms with E-state index in [0.717, 1.165) is 23.1 Å². The highest BCUT2D eigenvalue weighted by Gasteiger charge is 2.24. The first-order valence-electron chi connectivity index (χ1n) is 11.5. The summed E-state index contributed by atoms with van der Waals surface area (Å²) in [4.78, 5) is 2.26. The molecule has 0 spiro atoms. The molecule has 188 valence electrons. The van der Waals surface area contributed by atoms with Crippen LogP contribution < -0.4 is 18.9 Å². The highest BCUT2D eigenvalue weighted by molar-refractivity contribution is 6.30. The van der Waals surface area contributed by atoms with E-state index in [4.69, 9.17) is 30.5 Å². The van der Waals surface area contributed by atoms with E-state index in [0.29, 0.717) is 41.1 Å². The van der Waals surface area contributed by atoms with Crippen LogP contribution in [0.25, 0.3) is 0 Å². The first-order valence-corrected chi connectivity index (χ1v) is 11.9. The van der Waals surface area contributed by atoms with Gasteiger partial charge in [0.1, 0.15) is 0 Å². The van der Waals surface area contributed by atoms with Crippen LogP contribution in [0.15, 0.2) is 60.7 Å². The van der Waals surface area contributed by atoms with Crippen LogP contribution in [-0.4, -0.2) is 45.0 Å². The predicted octanol–water partition coefficient (Wildman–Crippen LogP) is 6.06. The summed E-state index contributed by atoms with van der Waals surface area (Å²) in [5.74, 6) is 2.69. The molecule has 6 nitrogen and oxygen atoms in total. The third-order valence-corrected chi connectivity index (χ3v) is 6.33. The second-order valence-corrected chi connectivity index (χ2v) is 8.66. The van der Waals surface area contributed by atoms with Crippen LogP contribution in [0, 0.1) is 0 Å². The van der Waals surface area contributed by atoms with Crippen molar-refractivity contribution >= 4 is 11.6 Å². The minimum atomic E-state index is -0.719. The van der Waals surface area contributed by atoms with Crippen molar-refractivity contribution in [3.63, 3.8) is 0 Å². The molecule has 1 unspecified atom stereocenters.